The molecule has 0 spiro atoms. The Labute approximate surface area is 90.4 Å². The van der Waals surface area contributed by atoms with Gasteiger partial charge in [-0.2, -0.15) is 5.10 Å². The Morgan fingerprint density at radius 2 is 2.25 bits per heavy atom. The molecule has 0 aliphatic rings. The van der Waals surface area contributed by atoms with E-state index in [0.29, 0.717) is 18.0 Å². The van der Waals surface area contributed by atoms with Crippen LogP contribution >= 0.6 is 0 Å². The lowest BCUT2D eigenvalue weighted by Crippen LogP contribution is -2.01. The minimum atomic E-state index is 0.464. The van der Waals surface area contributed by atoms with Crippen LogP contribution in [0.2, 0.25) is 0 Å². The Hall–Kier alpha value is -2.44. The third-order valence-electron chi connectivity index (χ3n) is 2.19. The third-order valence-corrected chi connectivity index (χ3v) is 2.19. The van der Waals surface area contributed by atoms with E-state index in [9.17, 15) is 0 Å². The van der Waals surface area contributed by atoms with E-state index in [1.807, 2.05) is 6.07 Å². The maximum atomic E-state index is 5.58. The largest absolute Gasteiger partial charge is 0.384 e. The smallest absolute Gasteiger partial charge is 0.179 e. The number of hydrogen-bond donors (Lipinski definition) is 2. The van der Waals surface area contributed by atoms with Gasteiger partial charge in [-0.1, -0.05) is 0 Å². The number of pyridine rings is 1. The summed E-state index contributed by atoms with van der Waals surface area (Å²) in [7, 11) is 0. The van der Waals surface area contributed by atoms with Crippen molar-refractivity contribution in [3.05, 3.63) is 30.6 Å². The molecule has 0 fully saturated rings. The molecule has 0 radical (unpaired) electrons. The summed E-state index contributed by atoms with van der Waals surface area (Å²) in [4.78, 5) is 15.4. The first kappa shape index (κ1) is 8.84. The van der Waals surface area contributed by atoms with E-state index in [1.165, 1.54) is 6.33 Å². The maximum absolute atomic E-state index is 5.58. The molecular weight excluding hydrogens is 206 g/mol. The first-order valence-electron chi connectivity index (χ1n) is 4.75. The Balaban J connectivity index is 1.99. The van der Waals surface area contributed by atoms with Crippen LogP contribution in [0.25, 0.3) is 11.2 Å². The highest BCUT2D eigenvalue weighted by molar-refractivity contribution is 5.72. The molecule has 3 heterocycles. The summed E-state index contributed by atoms with van der Waals surface area (Å²) in [6.07, 6.45) is 3.12. The molecule has 80 valence electrons. The van der Waals surface area contributed by atoms with Crippen LogP contribution in [0.3, 0.4) is 0 Å². The van der Waals surface area contributed by atoms with Crippen molar-refractivity contribution in [2.45, 2.75) is 6.54 Å². The van der Waals surface area contributed by atoms with Gasteiger partial charge in [-0.15, -0.1) is 0 Å². The SMILES string of the molecule is Nc1ccc2[nH]c(Cn3cncn3)nc2n1. The van der Waals surface area contributed by atoms with Gasteiger partial charge < -0.3 is 10.7 Å². The second-order valence-electron chi connectivity index (χ2n) is 3.38. The van der Waals surface area contributed by atoms with E-state index < -0.39 is 0 Å². The summed E-state index contributed by atoms with van der Waals surface area (Å²) in [6, 6.07) is 3.59. The standard InChI is InChI=1S/C9H9N7/c10-7-2-1-6-9(14-7)15-8(13-6)3-16-5-11-4-12-16/h1-2,4-5H,3H2,(H3,10,13,14,15). The normalized spacial score (nSPS) is 11.0. The van der Waals surface area contributed by atoms with Gasteiger partial charge in [0.2, 0.25) is 0 Å². The molecule has 0 aliphatic heterocycles. The molecule has 16 heavy (non-hydrogen) atoms. The van der Waals surface area contributed by atoms with E-state index in [1.54, 1.807) is 17.1 Å². The van der Waals surface area contributed by atoms with Crippen molar-refractivity contribution in [1.82, 2.24) is 29.7 Å². The Morgan fingerprint density at radius 1 is 1.31 bits per heavy atom. The van der Waals surface area contributed by atoms with Crippen LogP contribution in [0, 0.1) is 0 Å². The molecule has 3 aromatic heterocycles. The summed E-state index contributed by atoms with van der Waals surface area (Å²) in [5, 5.41) is 4.00. The fourth-order valence-electron chi connectivity index (χ4n) is 1.50. The number of nitrogens with zero attached hydrogens (tertiary/aromatic N) is 5. The molecule has 0 saturated heterocycles. The monoisotopic (exact) mass is 215 g/mol. The second-order valence-corrected chi connectivity index (χ2v) is 3.38. The zero-order valence-electron chi connectivity index (χ0n) is 8.33. The number of nitrogens with one attached hydrogen (secondary N) is 1. The van der Waals surface area contributed by atoms with Crippen LogP contribution in [0.1, 0.15) is 5.82 Å². The number of H-pyrrole nitrogens is 1. The topological polar surface area (TPSA) is 98.3 Å². The zero-order valence-corrected chi connectivity index (χ0v) is 8.33. The molecule has 0 unspecified atom stereocenters. The Bertz CT molecular complexity index is 610. The number of anilines is 1. The van der Waals surface area contributed by atoms with Crippen molar-refractivity contribution in [1.29, 1.82) is 0 Å². The van der Waals surface area contributed by atoms with Crippen molar-refractivity contribution >= 4 is 17.0 Å². The van der Waals surface area contributed by atoms with Crippen LogP contribution in [0.15, 0.2) is 24.8 Å². The van der Waals surface area contributed by atoms with Gasteiger partial charge in [-0.05, 0) is 12.1 Å². The quantitative estimate of drug-likeness (QED) is 0.635. The predicted octanol–water partition coefficient (Wildman–Crippen LogP) is 0.180. The first-order chi connectivity index (χ1) is 7.81. The number of hydrogen-bond acceptors (Lipinski definition) is 5. The number of rotatable bonds is 2. The van der Waals surface area contributed by atoms with Crippen LogP contribution < -0.4 is 5.73 Å². The summed E-state index contributed by atoms with van der Waals surface area (Å²) in [6.45, 7) is 0.538. The van der Waals surface area contributed by atoms with Crippen LogP contribution in [-0.4, -0.2) is 29.7 Å². The van der Waals surface area contributed by atoms with Crippen molar-refractivity contribution in [3.8, 4) is 0 Å². The number of aromatic amines is 1. The molecule has 7 heteroatoms. The molecular formula is C9H9N7. The molecule has 3 N–H and O–H groups in total. The molecule has 0 aliphatic carbocycles. The third kappa shape index (κ3) is 1.48. The highest BCUT2D eigenvalue weighted by Crippen LogP contribution is 2.11. The summed E-state index contributed by atoms with van der Waals surface area (Å²) >= 11 is 0. The Kier molecular flexibility index (Phi) is 1.82. The number of imidazole rings is 1. The first-order valence-corrected chi connectivity index (χ1v) is 4.75. The molecule has 3 aromatic rings. The van der Waals surface area contributed by atoms with Gasteiger partial charge in [0, 0.05) is 0 Å². The molecule has 0 atom stereocenters. The highest BCUT2D eigenvalue weighted by Gasteiger charge is 2.04. The van der Waals surface area contributed by atoms with Gasteiger partial charge >= 0.3 is 0 Å². The van der Waals surface area contributed by atoms with Crippen LogP contribution in [0.5, 0.6) is 0 Å². The molecule has 3 rings (SSSR count). The van der Waals surface area contributed by atoms with Gasteiger partial charge in [0.05, 0.1) is 5.52 Å². The molecule has 0 saturated carbocycles. The van der Waals surface area contributed by atoms with Crippen LogP contribution in [-0.2, 0) is 6.54 Å². The van der Waals surface area contributed by atoms with Crippen molar-refractivity contribution < 1.29 is 0 Å². The minimum absolute atomic E-state index is 0.464. The molecule has 7 nitrogen and oxygen atoms in total. The highest BCUT2D eigenvalue weighted by atomic mass is 15.3. The second kappa shape index (κ2) is 3.30. The van der Waals surface area contributed by atoms with Crippen molar-refractivity contribution in [2.24, 2.45) is 0 Å². The zero-order chi connectivity index (χ0) is 11.0. The number of nitrogens with two attached hydrogens (primary N) is 1. The molecule has 0 bridgehead atoms. The molecule has 0 amide bonds. The maximum Gasteiger partial charge on any atom is 0.179 e. The lowest BCUT2D eigenvalue weighted by molar-refractivity contribution is 0.661. The number of fused-ring (bicyclic) bond motifs is 1. The van der Waals surface area contributed by atoms with E-state index in [4.69, 9.17) is 5.73 Å². The van der Waals surface area contributed by atoms with Gasteiger partial charge in [-0.25, -0.2) is 19.6 Å². The number of nitrogen functional groups attached to an aromatic ring is 1. The summed E-state index contributed by atoms with van der Waals surface area (Å²) in [5.74, 6) is 1.24. The number of aromatic nitrogens is 6. The lowest BCUT2D eigenvalue weighted by Gasteiger charge is -1.93. The van der Waals surface area contributed by atoms with Gasteiger partial charge in [0.15, 0.2) is 5.65 Å². The summed E-state index contributed by atoms with van der Waals surface area (Å²) < 4.78 is 1.68. The fraction of sp³-hybridized carbons (Fsp3) is 0.111. The van der Waals surface area contributed by atoms with E-state index in [2.05, 4.69) is 25.0 Å². The fourth-order valence-corrected chi connectivity index (χ4v) is 1.50. The predicted molar refractivity (Wildman–Crippen MR) is 57.4 cm³/mol. The summed E-state index contributed by atoms with van der Waals surface area (Å²) in [5.41, 5.74) is 7.06. The average Bonchev–Trinajstić information content (AvgIpc) is 2.86. The van der Waals surface area contributed by atoms with E-state index in [0.717, 1.165) is 11.3 Å². The van der Waals surface area contributed by atoms with Crippen molar-refractivity contribution in [3.63, 3.8) is 0 Å². The average molecular weight is 215 g/mol. The Morgan fingerprint density at radius 3 is 3.06 bits per heavy atom. The van der Waals surface area contributed by atoms with E-state index in [-0.39, 0.29) is 0 Å². The van der Waals surface area contributed by atoms with Crippen molar-refractivity contribution in [2.75, 3.05) is 5.73 Å². The lowest BCUT2D eigenvalue weighted by atomic mass is 10.4. The molecule has 0 aromatic carbocycles. The minimum Gasteiger partial charge on any atom is -0.384 e. The van der Waals surface area contributed by atoms with Crippen LogP contribution in [0.4, 0.5) is 5.82 Å². The van der Waals surface area contributed by atoms with Gasteiger partial charge in [0.25, 0.3) is 0 Å². The van der Waals surface area contributed by atoms with Gasteiger partial charge in [-0.3, -0.25) is 0 Å². The van der Waals surface area contributed by atoms with E-state index >= 15 is 0 Å². The van der Waals surface area contributed by atoms with Gasteiger partial charge in [0.1, 0.15) is 30.8 Å².